The van der Waals surface area contributed by atoms with Gasteiger partial charge < -0.3 is 32.3 Å². The lowest BCUT2D eigenvalue weighted by molar-refractivity contribution is 0.167. The first kappa shape index (κ1) is 34.2. The lowest BCUT2D eigenvalue weighted by Gasteiger charge is -2.27. The molecular formula is C24H49N5O4S. The number of rotatable bonds is 8. The first-order chi connectivity index (χ1) is 15.5. The zero-order valence-corrected chi connectivity index (χ0v) is 22.0. The van der Waals surface area contributed by atoms with Gasteiger partial charge in [0.05, 0.1) is 17.0 Å². The molecule has 200 valence electrons. The van der Waals surface area contributed by atoms with Crippen molar-refractivity contribution in [2.24, 2.45) is 0 Å². The van der Waals surface area contributed by atoms with Crippen molar-refractivity contribution in [1.82, 2.24) is 15.4 Å². The van der Waals surface area contributed by atoms with E-state index in [0.29, 0.717) is 12.4 Å². The van der Waals surface area contributed by atoms with Gasteiger partial charge in [0.1, 0.15) is 5.82 Å². The van der Waals surface area contributed by atoms with E-state index < -0.39 is 0 Å². The second-order valence-electron chi connectivity index (χ2n) is 7.63. The molecule has 3 rings (SSSR count). The van der Waals surface area contributed by atoms with Crippen molar-refractivity contribution in [3.05, 3.63) is 36.0 Å². The summed E-state index contributed by atoms with van der Waals surface area (Å²) in [4.78, 5) is 9.59. The van der Waals surface area contributed by atoms with Gasteiger partial charge in [-0.3, -0.25) is 0 Å². The van der Waals surface area contributed by atoms with Gasteiger partial charge in [0.2, 0.25) is 0 Å². The van der Waals surface area contributed by atoms with Crippen molar-refractivity contribution in [1.29, 1.82) is 0 Å². The molecular weight excluding hydrogens is 454 g/mol. The van der Waals surface area contributed by atoms with Crippen LogP contribution in [0.1, 0.15) is 68.3 Å². The SMILES string of the molecule is CC.CCCNO.CSC1(c2cc(N[C@@H](C)CO)nc(-c3ccc(N)cc3)n2)CCCC1.O.O.[HH].[HH]. The van der Waals surface area contributed by atoms with Gasteiger partial charge in [0.15, 0.2) is 5.82 Å². The molecule has 9 nitrogen and oxygen atoms in total. The molecule has 0 unspecified atom stereocenters. The van der Waals surface area contributed by atoms with E-state index in [1.54, 1.807) is 0 Å². The highest BCUT2D eigenvalue weighted by atomic mass is 32.2. The summed E-state index contributed by atoms with van der Waals surface area (Å²) in [7, 11) is 0. The van der Waals surface area contributed by atoms with E-state index in [1.165, 1.54) is 12.8 Å². The minimum atomic E-state index is -0.0594. The number of thioether (sulfide) groups is 1. The van der Waals surface area contributed by atoms with Crippen LogP contribution in [0, 0.1) is 0 Å². The number of nitrogens with two attached hydrogens (primary N) is 1. The molecule has 1 fully saturated rings. The third kappa shape index (κ3) is 10.1. The topological polar surface area (TPSA) is 179 Å². The van der Waals surface area contributed by atoms with Crippen LogP contribution in [-0.2, 0) is 4.75 Å². The third-order valence-corrected chi connectivity index (χ3v) is 6.59. The average molecular weight is 504 g/mol. The minimum Gasteiger partial charge on any atom is -0.412 e. The number of aromatic nitrogens is 2. The summed E-state index contributed by atoms with van der Waals surface area (Å²) in [5, 5.41) is 20.5. The van der Waals surface area contributed by atoms with Crippen LogP contribution in [0.2, 0.25) is 0 Å². The lowest BCUT2D eigenvalue weighted by Crippen LogP contribution is -2.23. The summed E-state index contributed by atoms with van der Waals surface area (Å²) in [6, 6.07) is 9.64. The molecule has 10 heteroatoms. The molecule has 0 aliphatic heterocycles. The van der Waals surface area contributed by atoms with Crippen LogP contribution in [0.25, 0.3) is 11.4 Å². The van der Waals surface area contributed by atoms with Crippen molar-refractivity contribution < 1.29 is 24.1 Å². The van der Waals surface area contributed by atoms with Gasteiger partial charge in [0.25, 0.3) is 0 Å². The van der Waals surface area contributed by atoms with E-state index in [9.17, 15) is 5.11 Å². The number of benzene rings is 1. The van der Waals surface area contributed by atoms with Crippen LogP contribution in [0.15, 0.2) is 30.3 Å². The maximum atomic E-state index is 9.37. The molecule has 0 spiro atoms. The Morgan fingerprint density at radius 2 is 1.74 bits per heavy atom. The summed E-state index contributed by atoms with van der Waals surface area (Å²) in [5.74, 6) is 1.46. The summed E-state index contributed by atoms with van der Waals surface area (Å²) in [5.41, 5.74) is 10.6. The molecule has 1 heterocycles. The third-order valence-electron chi connectivity index (χ3n) is 5.19. The molecule has 10 N–H and O–H groups in total. The molecule has 1 aromatic heterocycles. The van der Waals surface area contributed by atoms with Gasteiger partial charge >= 0.3 is 0 Å². The number of hydroxylamine groups is 1. The lowest BCUT2D eigenvalue weighted by atomic mass is 10.0. The van der Waals surface area contributed by atoms with E-state index >= 15 is 0 Å². The fraction of sp³-hybridized carbons (Fsp3) is 0.583. The number of aliphatic hydroxyl groups is 1. The maximum absolute atomic E-state index is 9.37. The Balaban J connectivity index is -0.000000418. The molecule has 1 aliphatic carbocycles. The zero-order valence-electron chi connectivity index (χ0n) is 21.2. The van der Waals surface area contributed by atoms with Crippen LogP contribution < -0.4 is 16.5 Å². The Hall–Kier alpha value is -1.95. The number of hydrogen-bond acceptors (Lipinski definition) is 8. The van der Waals surface area contributed by atoms with Crippen molar-refractivity contribution in [3.8, 4) is 11.4 Å². The summed E-state index contributed by atoms with van der Waals surface area (Å²) >= 11 is 1.89. The average Bonchev–Trinajstić information content (AvgIpc) is 3.32. The largest absolute Gasteiger partial charge is 0.412 e. The van der Waals surface area contributed by atoms with Gasteiger partial charge in [-0.05, 0) is 56.7 Å². The Morgan fingerprint density at radius 1 is 1.15 bits per heavy atom. The Kier molecular flexibility index (Phi) is 18.5. The maximum Gasteiger partial charge on any atom is 0.161 e. The fourth-order valence-electron chi connectivity index (χ4n) is 3.44. The van der Waals surface area contributed by atoms with Crippen LogP contribution in [-0.4, -0.2) is 56.7 Å². The highest BCUT2D eigenvalue weighted by Gasteiger charge is 2.37. The molecule has 1 aliphatic rings. The number of nitrogen functional groups attached to an aromatic ring is 1. The second-order valence-corrected chi connectivity index (χ2v) is 8.82. The van der Waals surface area contributed by atoms with Crippen LogP contribution in [0.3, 0.4) is 0 Å². The Morgan fingerprint density at radius 3 is 2.18 bits per heavy atom. The highest BCUT2D eigenvalue weighted by Crippen LogP contribution is 2.48. The van der Waals surface area contributed by atoms with Gasteiger partial charge in [-0.2, -0.15) is 11.8 Å². The van der Waals surface area contributed by atoms with Crippen molar-refractivity contribution >= 4 is 23.3 Å². The quantitative estimate of drug-likeness (QED) is 0.266. The Bertz CT molecular complexity index is 784. The number of nitrogens with zero attached hydrogens (tertiary/aromatic N) is 2. The van der Waals surface area contributed by atoms with E-state index in [0.717, 1.165) is 42.0 Å². The molecule has 0 radical (unpaired) electrons. The fourth-order valence-corrected chi connectivity index (χ4v) is 4.45. The van der Waals surface area contributed by atoms with E-state index in [2.05, 4.69) is 22.6 Å². The molecule has 1 saturated carbocycles. The van der Waals surface area contributed by atoms with Gasteiger partial charge in [-0.25, -0.2) is 15.4 Å². The van der Waals surface area contributed by atoms with Crippen molar-refractivity contribution in [2.45, 2.75) is 70.6 Å². The minimum absolute atomic E-state index is 0. The monoisotopic (exact) mass is 503 g/mol. The number of hydrogen-bond donors (Lipinski definition) is 5. The summed E-state index contributed by atoms with van der Waals surface area (Å²) < 4.78 is 0.0599. The van der Waals surface area contributed by atoms with Crippen molar-refractivity contribution in [2.75, 3.05) is 30.5 Å². The van der Waals surface area contributed by atoms with Crippen molar-refractivity contribution in [3.63, 3.8) is 0 Å². The molecule has 1 aromatic carbocycles. The van der Waals surface area contributed by atoms with Crippen LogP contribution in [0.4, 0.5) is 11.5 Å². The predicted octanol–water partition coefficient (Wildman–Crippen LogP) is 3.89. The first-order valence-electron chi connectivity index (χ1n) is 11.5. The summed E-state index contributed by atoms with van der Waals surface area (Å²) in [6.07, 6.45) is 7.90. The second kappa shape index (κ2) is 18.4. The normalized spacial score (nSPS) is 14.2. The number of aliphatic hydroxyl groups excluding tert-OH is 1. The standard InChI is InChI=1S/C19H26N4OS.C3H9NO.C2H6.2H2O.2H2/c1-13(12-24)21-17-11-16(19(25-2)9-3-4-10-19)22-18(23-17)14-5-7-15(20)8-6-14;1-2-3-4-5;1-2;;;;/h5-8,11,13,24H,3-4,9-10,12,20H2,1-2H3,(H,21,22,23);4-5H,2-3H2,1H3;1-2H3;2*1H2;2*1H/t13-;;;;;;/m0....../s1. The smallest absolute Gasteiger partial charge is 0.161 e. The van der Waals surface area contributed by atoms with Crippen LogP contribution >= 0.6 is 11.8 Å². The number of nitrogens with one attached hydrogen (secondary N) is 2. The molecule has 2 aromatic rings. The predicted molar refractivity (Wildman–Crippen MR) is 149 cm³/mol. The Labute approximate surface area is 211 Å². The van der Waals surface area contributed by atoms with E-state index in [-0.39, 0.29) is 31.2 Å². The van der Waals surface area contributed by atoms with Gasteiger partial charge in [-0.1, -0.05) is 33.6 Å². The van der Waals surface area contributed by atoms with E-state index in [4.69, 9.17) is 15.9 Å². The molecule has 0 bridgehead atoms. The zero-order chi connectivity index (χ0) is 24.0. The van der Waals surface area contributed by atoms with Gasteiger partial charge in [0, 0.05) is 32.8 Å². The molecule has 1 atom stereocenters. The number of anilines is 2. The van der Waals surface area contributed by atoms with Gasteiger partial charge in [-0.15, -0.1) is 0 Å². The van der Waals surface area contributed by atoms with E-state index in [1.807, 2.05) is 69.2 Å². The van der Waals surface area contributed by atoms with Crippen LogP contribution in [0.5, 0.6) is 0 Å². The molecule has 34 heavy (non-hydrogen) atoms. The molecule has 0 saturated heterocycles. The first-order valence-corrected chi connectivity index (χ1v) is 12.8. The summed E-state index contributed by atoms with van der Waals surface area (Å²) in [6.45, 7) is 8.68. The highest BCUT2D eigenvalue weighted by molar-refractivity contribution is 7.99. The molecule has 0 amide bonds.